The van der Waals surface area contributed by atoms with Crippen LogP contribution in [0.1, 0.15) is 55.3 Å². The van der Waals surface area contributed by atoms with Gasteiger partial charge in [0, 0.05) is 39.2 Å². The molecule has 180 valence electrons. The number of hydrogen-bond donors (Lipinski definition) is 1. The maximum atomic E-state index is 14.7. The zero-order valence-electron chi connectivity index (χ0n) is 19.7. The predicted molar refractivity (Wildman–Crippen MR) is 126 cm³/mol. The highest BCUT2D eigenvalue weighted by Crippen LogP contribution is 2.36. The predicted octanol–water partition coefficient (Wildman–Crippen LogP) is 5.05. The van der Waals surface area contributed by atoms with E-state index in [1.54, 1.807) is 25.7 Å². The fraction of sp³-hybridized carbons (Fsp3) is 0.400. The molecule has 2 aromatic rings. The molecular weight excluding hydrogens is 443 g/mol. The van der Waals surface area contributed by atoms with Crippen LogP contribution in [0.15, 0.2) is 35.4 Å². The summed E-state index contributed by atoms with van der Waals surface area (Å²) in [5, 5.41) is 3.22. The molecular formula is C25H28F3N5O. The van der Waals surface area contributed by atoms with Gasteiger partial charge in [0.25, 0.3) is 6.43 Å². The largest absolute Gasteiger partial charge is 0.363 e. The van der Waals surface area contributed by atoms with E-state index in [-0.39, 0.29) is 11.5 Å². The van der Waals surface area contributed by atoms with Gasteiger partial charge in [-0.1, -0.05) is 24.3 Å². The van der Waals surface area contributed by atoms with Crippen molar-refractivity contribution in [1.29, 1.82) is 0 Å². The van der Waals surface area contributed by atoms with Crippen molar-refractivity contribution in [2.24, 2.45) is 0 Å². The summed E-state index contributed by atoms with van der Waals surface area (Å²) in [5.74, 6) is 0.959. The lowest BCUT2D eigenvalue weighted by molar-refractivity contribution is -0.128. The third-order valence-corrected chi connectivity index (χ3v) is 6.31. The van der Waals surface area contributed by atoms with Gasteiger partial charge < -0.3 is 15.1 Å². The van der Waals surface area contributed by atoms with Gasteiger partial charge in [-0.15, -0.1) is 0 Å². The Balaban J connectivity index is 1.68. The molecule has 2 aliphatic heterocycles. The maximum absolute atomic E-state index is 14.7. The summed E-state index contributed by atoms with van der Waals surface area (Å²) in [4.78, 5) is 24.6. The minimum absolute atomic E-state index is 0.0582. The number of likely N-dealkylation sites (N-methyl/N-ethyl adjacent to an activating group) is 1. The first-order chi connectivity index (χ1) is 16.2. The second kappa shape index (κ2) is 9.48. The third-order valence-electron chi connectivity index (χ3n) is 6.31. The highest BCUT2D eigenvalue weighted by atomic mass is 19.3. The average molecular weight is 472 g/mol. The number of aromatic nitrogens is 2. The Morgan fingerprint density at radius 1 is 1.18 bits per heavy atom. The van der Waals surface area contributed by atoms with Crippen LogP contribution in [0.25, 0.3) is 6.08 Å². The first-order valence-corrected chi connectivity index (χ1v) is 11.2. The van der Waals surface area contributed by atoms with Crippen LogP contribution in [-0.4, -0.2) is 47.5 Å². The van der Waals surface area contributed by atoms with E-state index in [4.69, 9.17) is 0 Å². The molecule has 0 bridgehead atoms. The van der Waals surface area contributed by atoms with Crippen molar-refractivity contribution in [3.8, 4) is 0 Å². The third kappa shape index (κ3) is 4.64. The van der Waals surface area contributed by atoms with Crippen molar-refractivity contribution in [2.75, 3.05) is 36.9 Å². The van der Waals surface area contributed by atoms with E-state index in [9.17, 15) is 18.0 Å². The van der Waals surface area contributed by atoms with Gasteiger partial charge in [0.1, 0.15) is 23.3 Å². The van der Waals surface area contributed by atoms with Crippen LogP contribution in [0.4, 0.5) is 24.8 Å². The number of anilines is 2. The second-order valence-corrected chi connectivity index (χ2v) is 8.74. The summed E-state index contributed by atoms with van der Waals surface area (Å²) in [5.41, 5.74) is 2.58. The molecule has 9 heteroatoms. The molecule has 34 heavy (non-hydrogen) atoms. The molecule has 0 unspecified atom stereocenters. The lowest BCUT2D eigenvalue weighted by Crippen LogP contribution is -2.34. The van der Waals surface area contributed by atoms with Crippen molar-refractivity contribution >= 4 is 23.6 Å². The number of alkyl halides is 2. The van der Waals surface area contributed by atoms with Gasteiger partial charge >= 0.3 is 0 Å². The molecule has 0 aliphatic carbocycles. The van der Waals surface area contributed by atoms with Gasteiger partial charge in [-0.25, -0.2) is 23.1 Å². The standard InChI is InChI=1S/C25H28F3N5O/c1-14(19-6-5-7-20(22(19)26)23(27)28)29-24-21-12-18(13-32(4)25(21)31-15(2)30-24)17-8-10-33(11-9-17)16(3)34/h5-8,12,14,23H,9-11,13H2,1-4H3,(H,29,30,31)/t14-/m1/s1. The quantitative estimate of drug-likeness (QED) is 0.662. The zero-order valence-corrected chi connectivity index (χ0v) is 19.7. The summed E-state index contributed by atoms with van der Waals surface area (Å²) in [6.45, 7) is 6.97. The van der Waals surface area contributed by atoms with E-state index in [0.717, 1.165) is 29.4 Å². The number of carbonyl (C=O) groups excluding carboxylic acids is 1. The summed E-state index contributed by atoms with van der Waals surface area (Å²) in [7, 11) is 1.95. The number of amides is 1. The Morgan fingerprint density at radius 3 is 2.56 bits per heavy atom. The Morgan fingerprint density at radius 2 is 1.91 bits per heavy atom. The lowest BCUT2D eigenvalue weighted by atomic mass is 9.94. The van der Waals surface area contributed by atoms with E-state index < -0.39 is 23.8 Å². The molecule has 1 aromatic carbocycles. The Kier molecular flexibility index (Phi) is 6.63. The summed E-state index contributed by atoms with van der Waals surface area (Å²) < 4.78 is 41.1. The Hall–Kier alpha value is -3.36. The topological polar surface area (TPSA) is 61.4 Å². The number of carbonyl (C=O) groups is 1. The first-order valence-electron chi connectivity index (χ1n) is 11.2. The first kappa shape index (κ1) is 23.8. The van der Waals surface area contributed by atoms with E-state index >= 15 is 0 Å². The van der Waals surface area contributed by atoms with Crippen LogP contribution in [0.5, 0.6) is 0 Å². The molecule has 1 amide bonds. The fourth-order valence-electron chi connectivity index (χ4n) is 4.45. The Labute approximate surface area is 197 Å². The number of fused-ring (bicyclic) bond motifs is 1. The minimum Gasteiger partial charge on any atom is -0.363 e. The van der Waals surface area contributed by atoms with Crippen LogP contribution < -0.4 is 10.2 Å². The number of benzene rings is 1. The molecule has 0 fully saturated rings. The summed E-state index contributed by atoms with van der Waals surface area (Å²) in [6.07, 6.45) is 1.98. The smallest absolute Gasteiger partial charge is 0.266 e. The summed E-state index contributed by atoms with van der Waals surface area (Å²) >= 11 is 0. The SMILES string of the molecule is CC(=O)N1CC=C(C2=Cc3c(N[C@H](C)c4cccc(C(F)F)c4F)nc(C)nc3N(C)C2)CC1. The van der Waals surface area contributed by atoms with Gasteiger partial charge in [-0.2, -0.15) is 0 Å². The lowest BCUT2D eigenvalue weighted by Gasteiger charge is -2.32. The normalized spacial score (nSPS) is 16.7. The molecule has 3 heterocycles. The van der Waals surface area contributed by atoms with Crippen molar-refractivity contribution in [2.45, 2.75) is 39.7 Å². The molecule has 1 N–H and O–H groups in total. The van der Waals surface area contributed by atoms with E-state index in [0.29, 0.717) is 31.3 Å². The van der Waals surface area contributed by atoms with Crippen molar-refractivity contribution < 1.29 is 18.0 Å². The number of halogens is 3. The van der Waals surface area contributed by atoms with Gasteiger partial charge in [0.05, 0.1) is 17.2 Å². The number of nitrogens with one attached hydrogen (secondary N) is 1. The van der Waals surface area contributed by atoms with Gasteiger partial charge in [0.2, 0.25) is 5.91 Å². The van der Waals surface area contributed by atoms with Gasteiger partial charge in [-0.3, -0.25) is 4.79 Å². The molecule has 0 radical (unpaired) electrons. The molecule has 0 spiro atoms. The van der Waals surface area contributed by atoms with Crippen LogP contribution in [-0.2, 0) is 4.79 Å². The van der Waals surface area contributed by atoms with Crippen LogP contribution in [0.3, 0.4) is 0 Å². The maximum Gasteiger partial charge on any atom is 0.266 e. The number of rotatable bonds is 5. The van der Waals surface area contributed by atoms with Crippen LogP contribution in [0.2, 0.25) is 0 Å². The van der Waals surface area contributed by atoms with Crippen molar-refractivity contribution in [1.82, 2.24) is 14.9 Å². The number of aryl methyl sites for hydroxylation is 1. The highest BCUT2D eigenvalue weighted by Gasteiger charge is 2.26. The Bertz CT molecular complexity index is 1180. The summed E-state index contributed by atoms with van der Waals surface area (Å²) in [6, 6.07) is 3.44. The van der Waals surface area contributed by atoms with E-state index in [2.05, 4.69) is 21.4 Å². The van der Waals surface area contributed by atoms with E-state index in [1.165, 1.54) is 17.7 Å². The molecule has 2 aliphatic rings. The molecule has 4 rings (SSSR count). The van der Waals surface area contributed by atoms with Crippen LogP contribution >= 0.6 is 0 Å². The molecule has 1 aromatic heterocycles. The highest BCUT2D eigenvalue weighted by molar-refractivity contribution is 5.80. The van der Waals surface area contributed by atoms with Gasteiger partial charge in [-0.05, 0) is 37.5 Å². The average Bonchev–Trinajstić information content (AvgIpc) is 2.79. The molecule has 0 saturated carbocycles. The monoisotopic (exact) mass is 471 g/mol. The molecule has 6 nitrogen and oxygen atoms in total. The van der Waals surface area contributed by atoms with Crippen molar-refractivity contribution in [3.63, 3.8) is 0 Å². The molecule has 0 saturated heterocycles. The minimum atomic E-state index is -2.89. The zero-order chi connectivity index (χ0) is 24.6. The van der Waals surface area contributed by atoms with E-state index in [1.807, 2.05) is 18.0 Å². The fourth-order valence-corrected chi connectivity index (χ4v) is 4.45. The van der Waals surface area contributed by atoms with Crippen molar-refractivity contribution in [3.05, 3.63) is 63.8 Å². The van der Waals surface area contributed by atoms with Crippen LogP contribution in [0, 0.1) is 12.7 Å². The number of nitrogens with zero attached hydrogens (tertiary/aromatic N) is 4. The number of hydrogen-bond acceptors (Lipinski definition) is 5. The molecule has 1 atom stereocenters. The van der Waals surface area contributed by atoms with Gasteiger partial charge in [0.15, 0.2) is 0 Å². The second-order valence-electron chi connectivity index (χ2n) is 8.74.